The molecule has 0 saturated heterocycles. The fraction of sp³-hybridized carbons (Fsp3) is 0.269. The van der Waals surface area contributed by atoms with Gasteiger partial charge in [-0.2, -0.15) is 0 Å². The molecule has 0 saturated carbocycles. The fourth-order valence-electron chi connectivity index (χ4n) is 3.59. The zero-order chi connectivity index (χ0) is 25.8. The number of hydrogen-bond acceptors (Lipinski definition) is 5. The van der Waals surface area contributed by atoms with Gasteiger partial charge < -0.3 is 14.4 Å². The Morgan fingerprint density at radius 2 is 1.60 bits per heavy atom. The third-order valence-electron chi connectivity index (χ3n) is 5.69. The molecule has 0 aliphatic carbocycles. The van der Waals surface area contributed by atoms with Crippen molar-refractivity contribution in [1.29, 1.82) is 0 Å². The summed E-state index contributed by atoms with van der Waals surface area (Å²) in [6.07, 6.45) is 0. The molecule has 3 aromatic rings. The summed E-state index contributed by atoms with van der Waals surface area (Å²) in [5.41, 5.74) is 2.66. The highest BCUT2D eigenvalue weighted by molar-refractivity contribution is 7.92. The van der Waals surface area contributed by atoms with Gasteiger partial charge in [0.05, 0.1) is 24.8 Å². The number of methoxy groups -OCH3 is 2. The zero-order valence-electron chi connectivity index (χ0n) is 20.4. The monoisotopic (exact) mass is 516 g/mol. The van der Waals surface area contributed by atoms with Crippen molar-refractivity contribution in [2.24, 2.45) is 0 Å². The summed E-state index contributed by atoms with van der Waals surface area (Å²) < 4.78 is 39.0. The number of benzene rings is 3. The second kappa shape index (κ2) is 11.0. The molecule has 35 heavy (non-hydrogen) atoms. The van der Waals surface area contributed by atoms with Crippen LogP contribution < -0.4 is 13.8 Å². The van der Waals surface area contributed by atoms with E-state index in [1.165, 1.54) is 24.1 Å². The smallest absolute Gasteiger partial charge is 0.264 e. The van der Waals surface area contributed by atoms with Gasteiger partial charge in [0.15, 0.2) is 11.5 Å². The molecule has 0 aromatic heterocycles. The Morgan fingerprint density at radius 3 is 2.23 bits per heavy atom. The van der Waals surface area contributed by atoms with E-state index in [1.807, 2.05) is 13.0 Å². The molecule has 0 aliphatic heterocycles. The third kappa shape index (κ3) is 5.89. The van der Waals surface area contributed by atoms with Crippen LogP contribution in [0.4, 0.5) is 5.69 Å². The molecule has 3 rings (SSSR count). The molecule has 0 radical (unpaired) electrons. The number of aryl methyl sites for hydroxylation is 1. The minimum absolute atomic E-state index is 0.0952. The number of amides is 1. The van der Waals surface area contributed by atoms with Crippen molar-refractivity contribution in [2.75, 3.05) is 32.1 Å². The van der Waals surface area contributed by atoms with Gasteiger partial charge in [0.1, 0.15) is 6.54 Å². The number of halogens is 1. The quantitative estimate of drug-likeness (QED) is 0.407. The largest absolute Gasteiger partial charge is 0.493 e. The van der Waals surface area contributed by atoms with Crippen LogP contribution in [0, 0.1) is 13.8 Å². The predicted molar refractivity (Wildman–Crippen MR) is 138 cm³/mol. The highest BCUT2D eigenvalue weighted by atomic mass is 35.5. The molecule has 3 aromatic carbocycles. The Hall–Kier alpha value is -3.23. The second-order valence-electron chi connectivity index (χ2n) is 8.15. The van der Waals surface area contributed by atoms with Crippen LogP contribution in [0.2, 0.25) is 5.02 Å². The number of carbonyl (C=O) groups is 1. The summed E-state index contributed by atoms with van der Waals surface area (Å²) in [6, 6.07) is 16.9. The third-order valence-corrected chi connectivity index (χ3v) is 7.87. The molecule has 186 valence electrons. The first-order valence-corrected chi connectivity index (χ1v) is 12.7. The average molecular weight is 517 g/mol. The van der Waals surface area contributed by atoms with Crippen LogP contribution >= 0.6 is 11.6 Å². The van der Waals surface area contributed by atoms with E-state index in [0.29, 0.717) is 27.8 Å². The number of nitrogens with zero attached hydrogens (tertiary/aromatic N) is 2. The second-order valence-corrected chi connectivity index (χ2v) is 10.4. The van der Waals surface area contributed by atoms with Crippen molar-refractivity contribution in [3.05, 3.63) is 82.4 Å². The first-order chi connectivity index (χ1) is 16.6. The molecule has 0 aliphatic rings. The van der Waals surface area contributed by atoms with Gasteiger partial charge in [-0.25, -0.2) is 8.42 Å². The van der Waals surface area contributed by atoms with Crippen LogP contribution in [0.5, 0.6) is 11.5 Å². The number of ether oxygens (including phenoxy) is 2. The standard InChI is InChI=1S/C26H29ClN2O5S/c1-18-9-12-21(13-10-18)35(31,32)29(23-8-6-7-22(27)19(23)2)17-26(30)28(3)16-20-11-14-24(33-4)25(15-20)34-5/h6-15H,16-17H2,1-5H3. The lowest BCUT2D eigenvalue weighted by molar-refractivity contribution is -0.128. The van der Waals surface area contributed by atoms with Crippen LogP contribution in [0.25, 0.3) is 0 Å². The molecule has 0 heterocycles. The summed E-state index contributed by atoms with van der Waals surface area (Å²) in [5, 5.41) is 0.415. The number of rotatable bonds is 9. The van der Waals surface area contributed by atoms with E-state index in [0.717, 1.165) is 15.4 Å². The molecule has 0 unspecified atom stereocenters. The van der Waals surface area contributed by atoms with E-state index in [1.54, 1.807) is 63.5 Å². The van der Waals surface area contributed by atoms with E-state index in [9.17, 15) is 13.2 Å². The number of sulfonamides is 1. The van der Waals surface area contributed by atoms with Gasteiger partial charge in [-0.15, -0.1) is 0 Å². The summed E-state index contributed by atoms with van der Waals surface area (Å²) in [4.78, 5) is 14.8. The van der Waals surface area contributed by atoms with Crippen molar-refractivity contribution in [2.45, 2.75) is 25.3 Å². The van der Waals surface area contributed by atoms with Gasteiger partial charge in [0, 0.05) is 18.6 Å². The molecular formula is C26H29ClN2O5S. The molecular weight excluding hydrogens is 488 g/mol. The molecule has 1 amide bonds. The van der Waals surface area contributed by atoms with E-state index < -0.39 is 10.0 Å². The van der Waals surface area contributed by atoms with Crippen LogP contribution in [0.1, 0.15) is 16.7 Å². The molecule has 0 spiro atoms. The molecule has 0 fully saturated rings. The van der Waals surface area contributed by atoms with Gasteiger partial charge >= 0.3 is 0 Å². The van der Waals surface area contributed by atoms with Crippen molar-refractivity contribution in [3.8, 4) is 11.5 Å². The SMILES string of the molecule is COc1ccc(CN(C)C(=O)CN(c2cccc(Cl)c2C)S(=O)(=O)c2ccc(C)cc2)cc1OC. The lowest BCUT2D eigenvalue weighted by Crippen LogP contribution is -2.41. The van der Waals surface area contributed by atoms with E-state index >= 15 is 0 Å². The maximum atomic E-state index is 13.7. The normalized spacial score (nSPS) is 11.1. The van der Waals surface area contributed by atoms with E-state index in [2.05, 4.69) is 0 Å². The Labute approximate surface area is 211 Å². The first kappa shape index (κ1) is 26.4. The van der Waals surface area contributed by atoms with Crippen LogP contribution in [-0.2, 0) is 21.4 Å². The van der Waals surface area contributed by atoms with Gasteiger partial charge in [-0.05, 0) is 61.4 Å². The topological polar surface area (TPSA) is 76.2 Å². The number of carbonyl (C=O) groups excluding carboxylic acids is 1. The van der Waals surface area contributed by atoms with Crippen molar-refractivity contribution in [1.82, 2.24) is 4.90 Å². The maximum absolute atomic E-state index is 13.7. The Balaban J connectivity index is 1.93. The van der Waals surface area contributed by atoms with Crippen LogP contribution in [0.3, 0.4) is 0 Å². The minimum Gasteiger partial charge on any atom is -0.493 e. The van der Waals surface area contributed by atoms with Crippen LogP contribution in [-0.4, -0.2) is 47.0 Å². The zero-order valence-corrected chi connectivity index (χ0v) is 22.0. The first-order valence-electron chi connectivity index (χ1n) is 10.9. The molecule has 9 heteroatoms. The lowest BCUT2D eigenvalue weighted by Gasteiger charge is -2.28. The highest BCUT2D eigenvalue weighted by Crippen LogP contribution is 2.31. The molecule has 7 nitrogen and oxygen atoms in total. The van der Waals surface area contributed by atoms with Crippen LogP contribution in [0.15, 0.2) is 65.6 Å². The van der Waals surface area contributed by atoms with Gasteiger partial charge in [0.2, 0.25) is 5.91 Å². The minimum atomic E-state index is -4.04. The van der Waals surface area contributed by atoms with E-state index in [-0.39, 0.29) is 23.9 Å². The summed E-state index contributed by atoms with van der Waals surface area (Å²) in [7, 11) is 0.674. The Bertz CT molecular complexity index is 1310. The highest BCUT2D eigenvalue weighted by Gasteiger charge is 2.29. The van der Waals surface area contributed by atoms with Gasteiger partial charge in [0.25, 0.3) is 10.0 Å². The summed E-state index contributed by atoms with van der Waals surface area (Å²) in [6.45, 7) is 3.47. The molecule has 0 atom stereocenters. The van der Waals surface area contributed by atoms with Crippen molar-refractivity contribution in [3.63, 3.8) is 0 Å². The van der Waals surface area contributed by atoms with Gasteiger partial charge in [-0.1, -0.05) is 41.4 Å². The number of anilines is 1. The summed E-state index contributed by atoms with van der Waals surface area (Å²) >= 11 is 6.30. The van der Waals surface area contributed by atoms with Crippen molar-refractivity contribution < 1.29 is 22.7 Å². The maximum Gasteiger partial charge on any atom is 0.264 e. The Kier molecular flexibility index (Phi) is 8.30. The van der Waals surface area contributed by atoms with Crippen molar-refractivity contribution >= 4 is 33.2 Å². The molecule has 0 N–H and O–H groups in total. The predicted octanol–water partition coefficient (Wildman–Crippen LogP) is 4.83. The number of likely N-dealkylation sites (N-methyl/N-ethyl adjacent to an activating group) is 1. The molecule has 0 bridgehead atoms. The number of hydrogen-bond donors (Lipinski definition) is 0. The van der Waals surface area contributed by atoms with E-state index in [4.69, 9.17) is 21.1 Å². The average Bonchev–Trinajstić information content (AvgIpc) is 2.84. The van der Waals surface area contributed by atoms with Gasteiger partial charge in [-0.3, -0.25) is 9.10 Å². The lowest BCUT2D eigenvalue weighted by atomic mass is 10.2. The fourth-order valence-corrected chi connectivity index (χ4v) is 5.23. The summed E-state index contributed by atoms with van der Waals surface area (Å²) in [5.74, 6) is 0.746. The Morgan fingerprint density at radius 1 is 0.943 bits per heavy atom.